The Kier molecular flexibility index (Phi) is 28.9. The molecule has 5 aromatic heterocycles. The van der Waals surface area contributed by atoms with Crippen molar-refractivity contribution in [2.24, 2.45) is 15.2 Å². The maximum Gasteiger partial charge on any atom is 0.416 e. The third-order valence-corrected chi connectivity index (χ3v) is 25.6. The number of aromatic nitrogens is 6. The van der Waals surface area contributed by atoms with Gasteiger partial charge in [-0.3, -0.25) is 29.0 Å². The summed E-state index contributed by atoms with van der Waals surface area (Å²) in [7, 11) is 1.65. The van der Waals surface area contributed by atoms with Crippen molar-refractivity contribution in [1.29, 1.82) is 0 Å². The van der Waals surface area contributed by atoms with E-state index in [4.69, 9.17) is 28.8 Å². The van der Waals surface area contributed by atoms with Gasteiger partial charge in [0.05, 0.1) is 94.1 Å². The van der Waals surface area contributed by atoms with Crippen LogP contribution in [-0.4, -0.2) is 110 Å². The molecule has 29 heteroatoms. The van der Waals surface area contributed by atoms with Crippen molar-refractivity contribution in [1.82, 2.24) is 50.0 Å². The summed E-state index contributed by atoms with van der Waals surface area (Å²) in [6.07, 6.45) is 3.01. The number of phenolic OH excluding ortho intramolecular Hbond substituents is 1. The van der Waals surface area contributed by atoms with Crippen LogP contribution < -0.4 is 30.6 Å². The molecule has 4 N–H and O–H groups in total. The molecule has 136 heavy (non-hydrogen) atoms. The number of phenols is 1. The Morgan fingerprint density at radius 1 is 0.654 bits per heavy atom. The zero-order chi connectivity index (χ0) is 94.2. The van der Waals surface area contributed by atoms with Gasteiger partial charge in [-0.2, -0.15) is 28.5 Å². The van der Waals surface area contributed by atoms with Gasteiger partial charge in [-0.15, -0.1) is 23.1 Å². The average Bonchev–Trinajstić information content (AvgIpc) is 1.58. The lowest BCUT2D eigenvalue weighted by molar-refractivity contribution is -0.137. The van der Waals surface area contributed by atoms with E-state index in [0.29, 0.717) is 80.0 Å². The van der Waals surface area contributed by atoms with Crippen molar-refractivity contribution < 1.29 is 51.3 Å². The van der Waals surface area contributed by atoms with Gasteiger partial charge in [0.15, 0.2) is 16.6 Å². The number of halogens is 3. The van der Waals surface area contributed by atoms with Crippen molar-refractivity contribution in [3.8, 4) is 39.9 Å². The van der Waals surface area contributed by atoms with E-state index in [2.05, 4.69) is 144 Å². The van der Waals surface area contributed by atoms with Crippen molar-refractivity contribution in [2.75, 3.05) is 25.2 Å². The first-order valence-electron chi connectivity index (χ1n) is 44.2. The van der Waals surface area contributed by atoms with E-state index in [1.54, 1.807) is 95.0 Å². The molecule has 8 heterocycles. The fraction of sp³-hybridized carbons (Fsp3) is 0.168. The third kappa shape index (κ3) is 21.7. The van der Waals surface area contributed by atoms with Crippen molar-refractivity contribution in [3.63, 3.8) is 0 Å². The second-order valence-electron chi connectivity index (χ2n) is 32.2. The van der Waals surface area contributed by atoms with Crippen LogP contribution in [0.3, 0.4) is 0 Å². The van der Waals surface area contributed by atoms with E-state index in [1.165, 1.54) is 80.4 Å². The summed E-state index contributed by atoms with van der Waals surface area (Å²) >= 11 is 4.11. The van der Waals surface area contributed by atoms with Gasteiger partial charge in [0.1, 0.15) is 45.7 Å². The minimum atomic E-state index is -4.55. The monoisotopic (exact) mass is 1870 g/mol. The summed E-state index contributed by atoms with van der Waals surface area (Å²) < 4.78 is 65.9. The van der Waals surface area contributed by atoms with Crippen LogP contribution in [0.15, 0.2) is 354 Å². The number of carbonyl (C=O) groups is 3. The molecule has 3 atom stereocenters. The van der Waals surface area contributed by atoms with Gasteiger partial charge < -0.3 is 43.9 Å². The van der Waals surface area contributed by atoms with Crippen LogP contribution in [0.25, 0.3) is 54.6 Å². The number of carbonyl (C=O) groups excluding carboxylic acids is 3. The largest absolute Gasteiger partial charge is 0.507 e. The third-order valence-electron chi connectivity index (χ3n) is 22.8. The highest BCUT2D eigenvalue weighted by atomic mass is 32.2. The number of hydrogen-bond acceptors (Lipinski definition) is 20. The smallest absolute Gasteiger partial charge is 0.416 e. The molecule has 3 amide bonds. The zero-order valence-electron chi connectivity index (χ0n) is 74.4. The molecule has 0 unspecified atom stereocenters. The van der Waals surface area contributed by atoms with E-state index in [9.17, 15) is 42.3 Å². The lowest BCUT2D eigenvalue weighted by atomic mass is 9.93. The summed E-state index contributed by atoms with van der Waals surface area (Å²) in [5.41, 5.74) is 10.0. The molecular weight excluding hydrogens is 1780 g/mol. The van der Waals surface area contributed by atoms with Crippen LogP contribution in [0.2, 0.25) is 0 Å². The molecule has 17 aromatic rings. The number of benzene rings is 12. The lowest BCUT2D eigenvalue weighted by Gasteiger charge is -2.38. The standard InChI is InChI=1S/C30H20F3NO2.C29H26N2O2.C24H24N6O2S2.C24H22N4O4S/c31-30(32,33)22-15-17-29(36-28-13-7-6-12-24(28)20-8-2-1-3-9-20)26(18-22)34-19-25-23-11-5-4-10-21(23)14-16-27(25)35;1-2-18-32-22-16-14-21(15-17-22)29-31-27(25-11-5-6-13-28(25)33-29)19-26(30-31)24-12-7-9-20-8-3-4-10-23(20)24;1-3-10-29-22-17(13-25-29)23(32)27-24(26-22)34-14-21(31)30-19(16-8-6-15(2)7-9-16)12-18(28-30)20-5-4-11-33-20;1-28(14-21-26-19-10-4-2-8-17(19)23(30)27-21)24(31)18-9-3-5-11-20(18)33-15-22(29)25-13-16-7-6-12-32-16/h1-19,35H;3-17,27,29H,2,18-19H2,1H3;4-9,11,13,19H,3,10,12,14H2,1-2H3,(H,26,27,32);2-12H,13-15H2,1H3,(H,25,29)(H,26,27,30)/t;27-,29+;19-;/m.00./s1. The summed E-state index contributed by atoms with van der Waals surface area (Å²) in [5, 5.41) is 38.5. The number of aliphatic imine (C=N–C) groups is 1. The number of thioether (sulfide) groups is 2. The highest BCUT2D eigenvalue weighted by Gasteiger charge is 2.42. The predicted molar refractivity (Wildman–Crippen MR) is 529 cm³/mol. The Bertz CT molecular complexity index is 7380. The minimum absolute atomic E-state index is 0.0139. The van der Waals surface area contributed by atoms with Crippen LogP contribution in [0, 0.1) is 6.92 Å². The van der Waals surface area contributed by atoms with E-state index in [-0.39, 0.29) is 82.4 Å². The first-order chi connectivity index (χ1) is 66.2. The average molecular weight is 1870 g/mol. The first-order valence-corrected chi connectivity index (χ1v) is 47.0. The Morgan fingerprint density at radius 2 is 1.36 bits per heavy atom. The number of rotatable bonds is 25. The fourth-order valence-electron chi connectivity index (χ4n) is 16.0. The Labute approximate surface area is 793 Å². The summed E-state index contributed by atoms with van der Waals surface area (Å²) in [5.74, 6) is 3.24. The molecule has 0 spiro atoms. The highest BCUT2D eigenvalue weighted by molar-refractivity contribution is 8.00. The molecule has 0 saturated heterocycles. The van der Waals surface area contributed by atoms with Crippen LogP contribution in [0.4, 0.5) is 18.9 Å². The number of nitrogens with zero attached hydrogens (tertiary/aromatic N) is 10. The van der Waals surface area contributed by atoms with Crippen LogP contribution in [0.5, 0.6) is 28.7 Å². The van der Waals surface area contributed by atoms with E-state index in [1.807, 2.05) is 134 Å². The molecule has 684 valence electrons. The number of aryl methyl sites for hydroxylation is 2. The SMILES string of the molecule is CCCOc1ccc([C@H]2Oc3ccccc3[C@@H]3CC(c4cccc5ccccc45)=NN23)cc1.CCCn1ncc2c(=O)[nH]c(SCC(=O)N3N=C(c4cccs4)C[C@H]3c3ccc(C)cc3)nc21.CN(Cc1nc2ccccc2c(=O)[nH]1)C(=O)c1ccccc1SCC(=O)NCc1ccco1.Oc1ccc2ccccc2c1C=Nc1cc(C(F)(F)F)ccc1Oc1ccccc1-c1ccccc1. The zero-order valence-corrected chi connectivity index (χ0v) is 76.8. The molecule has 20 rings (SSSR count). The van der Waals surface area contributed by atoms with Crippen molar-refractivity contribution in [2.45, 2.75) is 101 Å². The van der Waals surface area contributed by atoms with E-state index >= 15 is 0 Å². The van der Waals surface area contributed by atoms with E-state index < -0.39 is 11.7 Å². The number of fused-ring (bicyclic) bond motifs is 7. The number of amides is 3. The lowest BCUT2D eigenvalue weighted by Crippen LogP contribution is -2.33. The quantitative estimate of drug-likeness (QED) is 0.0235. The Balaban J connectivity index is 0.000000126. The van der Waals surface area contributed by atoms with Gasteiger partial charge in [0, 0.05) is 65.4 Å². The number of aromatic hydroxyl groups is 1. The van der Waals surface area contributed by atoms with E-state index in [0.717, 1.165) is 98.8 Å². The van der Waals surface area contributed by atoms with Gasteiger partial charge in [-0.25, -0.2) is 24.7 Å². The van der Waals surface area contributed by atoms with Crippen molar-refractivity contribution in [3.05, 3.63) is 397 Å². The Morgan fingerprint density at radius 3 is 2.14 bits per heavy atom. The second kappa shape index (κ2) is 42.6. The van der Waals surface area contributed by atoms with Gasteiger partial charge in [-0.1, -0.05) is 225 Å². The number of para-hydroxylation sites is 3. The number of nitrogens with one attached hydrogen (secondary N) is 3. The summed E-state index contributed by atoms with van der Waals surface area (Å²) in [6, 6.07) is 92.2. The molecule has 23 nitrogen and oxygen atoms in total. The summed E-state index contributed by atoms with van der Waals surface area (Å²) in [6.45, 7) is 8.05. The first kappa shape index (κ1) is 92.4. The number of ether oxygens (including phenoxy) is 3. The maximum atomic E-state index is 13.5. The number of hydrazone groups is 2. The van der Waals surface area contributed by atoms with Gasteiger partial charge in [-0.05, 0) is 161 Å². The molecule has 0 bridgehead atoms. The van der Waals surface area contributed by atoms with Crippen LogP contribution in [-0.2, 0) is 35.4 Å². The molecule has 0 radical (unpaired) electrons. The summed E-state index contributed by atoms with van der Waals surface area (Å²) in [4.78, 5) is 85.6. The topological polar surface area (TPSA) is 280 Å². The molecule has 0 fully saturated rings. The fourth-order valence-corrected chi connectivity index (χ4v) is 18.4. The Hall–Kier alpha value is -15.5. The number of thiophene rings is 1. The minimum Gasteiger partial charge on any atom is -0.507 e. The second-order valence-corrected chi connectivity index (χ2v) is 35.1. The number of alkyl halides is 3. The number of H-pyrrole nitrogens is 2. The number of hydrogen-bond donors (Lipinski definition) is 4. The predicted octanol–water partition coefficient (Wildman–Crippen LogP) is 23.2. The van der Waals surface area contributed by atoms with Crippen molar-refractivity contribution >= 4 is 119 Å². The molecule has 0 saturated carbocycles. The molecular formula is C107H92F3N13O10S3. The van der Waals surface area contributed by atoms with Crippen LogP contribution in [0.1, 0.15) is 124 Å². The van der Waals surface area contributed by atoms with Gasteiger partial charge in [0.25, 0.3) is 22.9 Å². The normalized spacial score (nSPS) is 14.3. The molecule has 3 aliphatic rings. The van der Waals surface area contributed by atoms with Crippen LogP contribution >= 0.6 is 34.9 Å². The van der Waals surface area contributed by atoms with Gasteiger partial charge >= 0.3 is 6.18 Å². The number of furan rings is 1. The molecule has 3 aliphatic heterocycles. The highest BCUT2D eigenvalue weighted by Crippen LogP contribution is 2.49. The van der Waals surface area contributed by atoms with Gasteiger partial charge in [0.2, 0.25) is 12.1 Å². The molecule has 12 aromatic carbocycles. The number of aromatic amines is 2. The molecule has 0 aliphatic carbocycles. The maximum absolute atomic E-state index is 13.5.